The van der Waals surface area contributed by atoms with E-state index in [1.165, 1.54) is 11.8 Å². The van der Waals surface area contributed by atoms with Gasteiger partial charge in [-0.25, -0.2) is 9.78 Å². The Bertz CT molecular complexity index is 1360. The third-order valence-electron chi connectivity index (χ3n) is 9.16. The summed E-state index contributed by atoms with van der Waals surface area (Å²) in [6, 6.07) is -3.93. The van der Waals surface area contributed by atoms with Crippen molar-refractivity contribution < 1.29 is 39.0 Å². The number of Topliss-reactive ketones (excluding diaryl/α,β-unsaturated/α-hetero) is 1. The zero-order valence-corrected chi connectivity index (χ0v) is 27.6. The number of nitrogens with zero attached hydrogens (tertiary/aromatic N) is 3. The summed E-state index contributed by atoms with van der Waals surface area (Å²) in [5, 5.41) is 30.5. The quantitative estimate of drug-likeness (QED) is 0.119. The number of carbonyl (C=O) groups is 6. The van der Waals surface area contributed by atoms with Gasteiger partial charge in [0.15, 0.2) is 5.69 Å². The van der Waals surface area contributed by atoms with Crippen molar-refractivity contribution in [1.82, 2.24) is 36.1 Å². The van der Waals surface area contributed by atoms with Gasteiger partial charge in [-0.2, -0.15) is 0 Å². The third-order valence-corrected chi connectivity index (χ3v) is 9.16. The minimum Gasteiger partial charge on any atom is -0.476 e. The zero-order chi connectivity index (χ0) is 34.6. The first-order valence-electron chi connectivity index (χ1n) is 16.4. The normalized spacial score (nSPS) is 23.2. The largest absolute Gasteiger partial charge is 0.476 e. The molecule has 4 amide bonds. The Morgan fingerprint density at radius 2 is 1.72 bits per heavy atom. The summed E-state index contributed by atoms with van der Waals surface area (Å²) in [6.07, 6.45) is 5.61. The van der Waals surface area contributed by atoms with E-state index in [9.17, 15) is 33.9 Å². The van der Waals surface area contributed by atoms with E-state index in [1.54, 1.807) is 20.8 Å². The summed E-state index contributed by atoms with van der Waals surface area (Å²) in [6.45, 7) is 9.06. The highest BCUT2D eigenvalue weighted by molar-refractivity contribution is 6.38. The number of aliphatic hydroxyl groups excluding tert-OH is 1. The van der Waals surface area contributed by atoms with E-state index in [1.807, 2.05) is 6.92 Å². The molecule has 1 aromatic heterocycles. The number of fused-ring (bicyclic) bond motifs is 1. The van der Waals surface area contributed by atoms with E-state index >= 15 is 0 Å². The number of hydrogen-bond donors (Lipinski definition) is 6. The molecule has 0 bridgehead atoms. The molecule has 3 fully saturated rings. The molecule has 15 heteroatoms. The van der Waals surface area contributed by atoms with Crippen LogP contribution in [0.4, 0.5) is 0 Å². The summed E-state index contributed by atoms with van der Waals surface area (Å²) in [5.41, 5.74) is -1.08. The molecule has 6 N–H and O–H groups in total. The maximum Gasteiger partial charge on any atom is 0.356 e. The highest BCUT2D eigenvalue weighted by atomic mass is 16.4. The molecule has 7 atom stereocenters. The maximum absolute atomic E-state index is 14.3. The molecule has 1 aromatic rings. The summed E-state index contributed by atoms with van der Waals surface area (Å²) in [7, 11) is 0. The maximum atomic E-state index is 14.3. The summed E-state index contributed by atoms with van der Waals surface area (Å²) in [4.78, 5) is 87.3. The van der Waals surface area contributed by atoms with E-state index in [2.05, 4.69) is 31.2 Å². The van der Waals surface area contributed by atoms with Crippen LogP contribution in [0, 0.1) is 17.3 Å². The minimum atomic E-state index is -1.45. The van der Waals surface area contributed by atoms with E-state index in [0.717, 1.165) is 44.5 Å². The van der Waals surface area contributed by atoms with Crippen LogP contribution in [0.15, 0.2) is 12.4 Å². The van der Waals surface area contributed by atoms with Crippen LogP contribution >= 0.6 is 0 Å². The lowest BCUT2D eigenvalue weighted by Crippen LogP contribution is -2.61. The lowest BCUT2D eigenvalue weighted by Gasteiger charge is -2.37. The van der Waals surface area contributed by atoms with Gasteiger partial charge in [0.05, 0.1) is 24.5 Å². The molecule has 47 heavy (non-hydrogen) atoms. The molecule has 0 aromatic carbocycles. The lowest BCUT2D eigenvalue weighted by atomic mass is 9.85. The average Bonchev–Trinajstić information content (AvgIpc) is 3.58. The number of aliphatic hydroxyl groups is 1. The second-order valence-corrected chi connectivity index (χ2v) is 14.0. The fourth-order valence-corrected chi connectivity index (χ4v) is 6.39. The van der Waals surface area contributed by atoms with E-state index < -0.39 is 71.2 Å². The highest BCUT2D eigenvalue weighted by Gasteiger charge is 2.52. The molecule has 4 rings (SSSR count). The number of nitrogens with one attached hydrogen (secondary N) is 4. The van der Waals surface area contributed by atoms with Crippen molar-refractivity contribution in [1.29, 1.82) is 0 Å². The van der Waals surface area contributed by atoms with Gasteiger partial charge < -0.3 is 31.1 Å². The number of aromatic carboxylic acids is 1. The highest BCUT2D eigenvalue weighted by Crippen LogP contribution is 2.43. The predicted octanol–water partition coefficient (Wildman–Crippen LogP) is 0.434. The van der Waals surface area contributed by atoms with Gasteiger partial charge in [0.2, 0.25) is 23.5 Å². The smallest absolute Gasteiger partial charge is 0.356 e. The molecule has 2 heterocycles. The first kappa shape index (κ1) is 35.9. The number of amides is 4. The molecular formula is C32H47N7O8. The van der Waals surface area contributed by atoms with Crippen molar-refractivity contribution in [3.8, 4) is 0 Å². The van der Waals surface area contributed by atoms with Crippen LogP contribution in [-0.2, 0) is 24.0 Å². The Hall–Kier alpha value is -3.98. The third kappa shape index (κ3) is 8.69. The monoisotopic (exact) mass is 657 g/mol. The van der Waals surface area contributed by atoms with E-state index in [4.69, 9.17) is 5.11 Å². The number of rotatable bonds is 14. The number of hydrogen-bond acceptors (Lipinski definition) is 10. The summed E-state index contributed by atoms with van der Waals surface area (Å²) < 4.78 is 0. The molecule has 15 nitrogen and oxygen atoms in total. The minimum absolute atomic E-state index is 0.000406. The molecule has 3 aliphatic rings. The van der Waals surface area contributed by atoms with Crippen molar-refractivity contribution in [3.63, 3.8) is 0 Å². The second-order valence-electron chi connectivity index (χ2n) is 14.0. The van der Waals surface area contributed by atoms with Gasteiger partial charge in [0.1, 0.15) is 24.0 Å². The van der Waals surface area contributed by atoms with Gasteiger partial charge >= 0.3 is 5.97 Å². The van der Waals surface area contributed by atoms with Crippen molar-refractivity contribution in [3.05, 3.63) is 23.8 Å². The SMILES string of the molecule is CCC[C@H](NC(=O)[C@@H]1C2CCC[C@H]2CN1C(=O)[C@@H](NC(=O)[C@H](C)NC(O)c1cnc(C(=O)O)cn1)C(C)(C)C)C(=O)C(=O)NC1CC1. The van der Waals surface area contributed by atoms with Crippen LogP contribution in [0.2, 0.25) is 0 Å². The van der Waals surface area contributed by atoms with Crippen LogP contribution < -0.4 is 21.3 Å². The van der Waals surface area contributed by atoms with Gasteiger partial charge in [-0.1, -0.05) is 40.5 Å². The second kappa shape index (κ2) is 14.8. The number of carboxylic acid groups (broad SMARTS) is 1. The molecular weight excluding hydrogens is 610 g/mol. The fraction of sp³-hybridized carbons (Fsp3) is 0.688. The molecule has 2 unspecified atom stereocenters. The number of carboxylic acids is 1. The first-order valence-corrected chi connectivity index (χ1v) is 16.4. The Labute approximate surface area is 274 Å². The van der Waals surface area contributed by atoms with Gasteiger partial charge in [0.25, 0.3) is 5.91 Å². The summed E-state index contributed by atoms with van der Waals surface area (Å²) in [5.74, 6) is -4.22. The number of carbonyl (C=O) groups excluding carboxylic acids is 5. The molecule has 2 aliphatic carbocycles. The van der Waals surface area contributed by atoms with Gasteiger partial charge in [0, 0.05) is 12.6 Å². The average molecular weight is 658 g/mol. The predicted molar refractivity (Wildman–Crippen MR) is 167 cm³/mol. The van der Waals surface area contributed by atoms with Crippen LogP contribution in [0.3, 0.4) is 0 Å². The van der Waals surface area contributed by atoms with Gasteiger partial charge in [-0.15, -0.1) is 0 Å². The van der Waals surface area contributed by atoms with E-state index in [-0.39, 0.29) is 35.7 Å². The van der Waals surface area contributed by atoms with Crippen LogP contribution in [-0.4, -0.2) is 97.2 Å². The number of likely N-dealkylation sites (tertiary alicyclic amines) is 1. The van der Waals surface area contributed by atoms with Crippen LogP contribution in [0.5, 0.6) is 0 Å². The molecule has 0 radical (unpaired) electrons. The Morgan fingerprint density at radius 3 is 2.30 bits per heavy atom. The molecule has 2 saturated carbocycles. The fourth-order valence-electron chi connectivity index (χ4n) is 6.39. The Morgan fingerprint density at radius 1 is 1.02 bits per heavy atom. The topological polar surface area (TPSA) is 220 Å². The number of ketones is 1. The van der Waals surface area contributed by atoms with E-state index in [0.29, 0.717) is 13.0 Å². The lowest BCUT2D eigenvalue weighted by molar-refractivity contribution is -0.146. The zero-order valence-electron chi connectivity index (χ0n) is 27.6. The van der Waals surface area contributed by atoms with Crippen LogP contribution in [0.1, 0.15) is 102 Å². The van der Waals surface area contributed by atoms with Gasteiger partial charge in [-0.3, -0.25) is 34.3 Å². The first-order chi connectivity index (χ1) is 22.1. The molecule has 1 saturated heterocycles. The molecule has 1 aliphatic heterocycles. The van der Waals surface area contributed by atoms with Crippen LogP contribution in [0.25, 0.3) is 0 Å². The number of aromatic nitrogens is 2. The summed E-state index contributed by atoms with van der Waals surface area (Å²) >= 11 is 0. The molecule has 258 valence electrons. The Balaban J connectivity index is 1.47. The Kier molecular flexibility index (Phi) is 11.3. The van der Waals surface area contributed by atoms with Crippen molar-refractivity contribution in [2.45, 2.75) is 116 Å². The van der Waals surface area contributed by atoms with Gasteiger partial charge in [-0.05, 0) is 56.3 Å². The standard InChI is InChI=1S/C32H47N7O8/c1-6-8-20(24(40)29(44)36-18-11-12-18)37-28(43)23-19-10-7-9-17(19)15-39(23)30(45)25(32(3,4)5)38-26(41)16(2)35-27(42)21-13-34-22(14-33-21)31(46)47/h13-14,16-20,23,25,27,35,42H,6-12,15H2,1-5H3,(H,36,44)(H,37,43)(H,38,41)(H,46,47)/t16-,17-,19?,20-,23-,25+,27?/m0/s1. The van der Waals surface area contributed by atoms with Crippen molar-refractivity contribution in [2.24, 2.45) is 17.3 Å². The van der Waals surface area contributed by atoms with Crippen molar-refractivity contribution >= 4 is 35.4 Å². The molecule has 0 spiro atoms. The van der Waals surface area contributed by atoms with Crippen molar-refractivity contribution in [2.75, 3.05) is 6.54 Å².